The molecule has 0 aliphatic carbocycles. The van der Waals surface area contributed by atoms with Crippen LogP contribution in [0.5, 0.6) is 5.75 Å². The lowest BCUT2D eigenvalue weighted by Gasteiger charge is -2.11. The van der Waals surface area contributed by atoms with Gasteiger partial charge in [-0.1, -0.05) is 48.0 Å². The zero-order valence-electron chi connectivity index (χ0n) is 18.9. The van der Waals surface area contributed by atoms with Crippen LogP contribution >= 0.6 is 11.6 Å². The number of amides is 1. The van der Waals surface area contributed by atoms with E-state index in [1.54, 1.807) is 4.68 Å². The van der Waals surface area contributed by atoms with Gasteiger partial charge in [0, 0.05) is 16.7 Å². The molecule has 0 atom stereocenters. The number of anilines is 1. The van der Waals surface area contributed by atoms with Crippen molar-refractivity contribution >= 4 is 23.3 Å². The smallest absolute Gasteiger partial charge is 0.229 e. The minimum Gasteiger partial charge on any atom is -0.489 e. The molecule has 3 aromatic carbocycles. The van der Waals surface area contributed by atoms with Gasteiger partial charge in [0.05, 0.1) is 17.8 Å². The first kappa shape index (κ1) is 22.6. The van der Waals surface area contributed by atoms with E-state index in [0.717, 1.165) is 33.6 Å². The Bertz CT molecular complexity index is 1280. The SMILES string of the molecule is Cc1cc(C)cc(-n2nc(C)cc2NC(=O)Cc2cccc(OCc3ccccc3Cl)c2)c1. The molecule has 0 saturated carbocycles. The minimum atomic E-state index is -0.122. The van der Waals surface area contributed by atoms with Crippen molar-refractivity contribution in [2.24, 2.45) is 0 Å². The number of nitrogens with one attached hydrogen (secondary N) is 1. The Kier molecular flexibility index (Phi) is 6.80. The Morgan fingerprint density at radius 1 is 0.970 bits per heavy atom. The molecule has 0 bridgehead atoms. The molecule has 0 aliphatic heterocycles. The number of hydrogen-bond donors (Lipinski definition) is 1. The van der Waals surface area contributed by atoms with E-state index < -0.39 is 0 Å². The summed E-state index contributed by atoms with van der Waals surface area (Å²) >= 11 is 6.20. The highest BCUT2D eigenvalue weighted by atomic mass is 35.5. The topological polar surface area (TPSA) is 56.2 Å². The van der Waals surface area contributed by atoms with Gasteiger partial charge in [0.25, 0.3) is 0 Å². The fourth-order valence-electron chi connectivity index (χ4n) is 3.75. The molecule has 4 aromatic rings. The second kappa shape index (κ2) is 9.92. The van der Waals surface area contributed by atoms with Crippen LogP contribution in [0.25, 0.3) is 5.69 Å². The van der Waals surface area contributed by atoms with E-state index in [1.165, 1.54) is 0 Å². The molecular formula is C27H26ClN3O2. The van der Waals surface area contributed by atoms with Gasteiger partial charge in [0.2, 0.25) is 5.91 Å². The molecule has 0 unspecified atom stereocenters. The highest BCUT2D eigenvalue weighted by Gasteiger charge is 2.13. The molecule has 6 heteroatoms. The van der Waals surface area contributed by atoms with E-state index >= 15 is 0 Å². The number of benzene rings is 3. The lowest BCUT2D eigenvalue weighted by atomic mass is 10.1. The van der Waals surface area contributed by atoms with E-state index in [0.29, 0.717) is 23.2 Å². The van der Waals surface area contributed by atoms with Gasteiger partial charge < -0.3 is 10.1 Å². The predicted octanol–water partition coefficient (Wildman–Crippen LogP) is 6.21. The van der Waals surface area contributed by atoms with Crippen LogP contribution in [-0.2, 0) is 17.8 Å². The van der Waals surface area contributed by atoms with Crippen LogP contribution in [-0.4, -0.2) is 15.7 Å². The Morgan fingerprint density at radius 3 is 2.48 bits per heavy atom. The largest absolute Gasteiger partial charge is 0.489 e. The van der Waals surface area contributed by atoms with Crippen molar-refractivity contribution in [3.8, 4) is 11.4 Å². The Morgan fingerprint density at radius 2 is 1.73 bits per heavy atom. The van der Waals surface area contributed by atoms with E-state index in [2.05, 4.69) is 28.6 Å². The molecule has 1 amide bonds. The first-order valence-electron chi connectivity index (χ1n) is 10.8. The zero-order chi connectivity index (χ0) is 23.4. The summed E-state index contributed by atoms with van der Waals surface area (Å²) < 4.78 is 7.66. The summed E-state index contributed by atoms with van der Waals surface area (Å²) in [6.07, 6.45) is 0.223. The Balaban J connectivity index is 1.44. The van der Waals surface area contributed by atoms with Crippen LogP contribution in [0.3, 0.4) is 0 Å². The van der Waals surface area contributed by atoms with Crippen molar-refractivity contribution in [2.45, 2.75) is 33.8 Å². The second-order valence-electron chi connectivity index (χ2n) is 8.18. The number of hydrogen-bond acceptors (Lipinski definition) is 3. The molecule has 1 aromatic heterocycles. The molecule has 0 radical (unpaired) electrons. The zero-order valence-corrected chi connectivity index (χ0v) is 19.7. The number of carbonyl (C=O) groups is 1. The number of carbonyl (C=O) groups excluding carboxylic acids is 1. The van der Waals surface area contributed by atoms with Crippen LogP contribution in [0.2, 0.25) is 5.02 Å². The van der Waals surface area contributed by atoms with Crippen molar-refractivity contribution in [3.63, 3.8) is 0 Å². The highest BCUT2D eigenvalue weighted by molar-refractivity contribution is 6.31. The van der Waals surface area contributed by atoms with Crippen molar-refractivity contribution in [3.05, 3.63) is 106 Å². The quantitative estimate of drug-likeness (QED) is 0.357. The summed E-state index contributed by atoms with van der Waals surface area (Å²) in [5.74, 6) is 1.22. The van der Waals surface area contributed by atoms with Crippen molar-refractivity contribution in [1.29, 1.82) is 0 Å². The lowest BCUT2D eigenvalue weighted by Crippen LogP contribution is -2.17. The van der Waals surface area contributed by atoms with Crippen LogP contribution in [0.1, 0.15) is 27.9 Å². The first-order chi connectivity index (χ1) is 15.9. The molecule has 1 heterocycles. The molecule has 0 saturated heterocycles. The summed E-state index contributed by atoms with van der Waals surface area (Å²) in [6, 6.07) is 23.2. The Hall–Kier alpha value is -3.57. The van der Waals surface area contributed by atoms with Crippen LogP contribution in [0, 0.1) is 20.8 Å². The fourth-order valence-corrected chi connectivity index (χ4v) is 3.94. The summed E-state index contributed by atoms with van der Waals surface area (Å²) in [5.41, 5.74) is 5.81. The van der Waals surface area contributed by atoms with Crippen LogP contribution in [0.4, 0.5) is 5.82 Å². The third-order valence-corrected chi connectivity index (χ3v) is 5.53. The van der Waals surface area contributed by atoms with Crippen molar-refractivity contribution in [2.75, 3.05) is 5.32 Å². The van der Waals surface area contributed by atoms with Gasteiger partial charge in [0.15, 0.2) is 0 Å². The normalized spacial score (nSPS) is 10.8. The molecular weight excluding hydrogens is 434 g/mol. The number of rotatable bonds is 7. The third-order valence-electron chi connectivity index (χ3n) is 5.17. The summed E-state index contributed by atoms with van der Waals surface area (Å²) in [4.78, 5) is 12.8. The number of halogens is 1. The third kappa shape index (κ3) is 5.82. The lowest BCUT2D eigenvalue weighted by molar-refractivity contribution is -0.115. The summed E-state index contributed by atoms with van der Waals surface area (Å²) in [7, 11) is 0. The maximum Gasteiger partial charge on any atom is 0.229 e. The van der Waals surface area contributed by atoms with Gasteiger partial charge in [-0.3, -0.25) is 4.79 Å². The molecule has 0 aliphatic rings. The fraction of sp³-hybridized carbons (Fsp3) is 0.185. The molecule has 1 N–H and O–H groups in total. The number of aryl methyl sites for hydroxylation is 3. The maximum atomic E-state index is 12.8. The summed E-state index contributed by atoms with van der Waals surface area (Å²) in [5, 5.41) is 8.24. The van der Waals surface area contributed by atoms with E-state index in [4.69, 9.17) is 16.3 Å². The molecule has 168 valence electrons. The monoisotopic (exact) mass is 459 g/mol. The van der Waals surface area contributed by atoms with Gasteiger partial charge >= 0.3 is 0 Å². The van der Waals surface area contributed by atoms with Gasteiger partial charge in [-0.25, -0.2) is 4.68 Å². The van der Waals surface area contributed by atoms with Crippen molar-refractivity contribution in [1.82, 2.24) is 9.78 Å². The molecule has 33 heavy (non-hydrogen) atoms. The van der Waals surface area contributed by atoms with Crippen molar-refractivity contribution < 1.29 is 9.53 Å². The average Bonchev–Trinajstić information content (AvgIpc) is 3.12. The molecule has 0 spiro atoms. The molecule has 4 rings (SSSR count). The standard InChI is InChI=1S/C27H26ClN3O2/c1-18-11-19(2)13-23(12-18)31-26(14-20(3)30-31)29-27(32)16-21-7-6-9-24(15-21)33-17-22-8-4-5-10-25(22)28/h4-15H,16-17H2,1-3H3,(H,29,32). The van der Waals surface area contributed by atoms with Crippen LogP contribution < -0.4 is 10.1 Å². The van der Waals surface area contributed by atoms with Gasteiger partial charge in [-0.2, -0.15) is 5.10 Å². The molecule has 0 fully saturated rings. The van der Waals surface area contributed by atoms with E-state index in [1.807, 2.05) is 75.4 Å². The second-order valence-corrected chi connectivity index (χ2v) is 8.59. The predicted molar refractivity (Wildman–Crippen MR) is 132 cm³/mol. The minimum absolute atomic E-state index is 0.122. The molecule has 5 nitrogen and oxygen atoms in total. The number of aromatic nitrogens is 2. The summed E-state index contributed by atoms with van der Waals surface area (Å²) in [6.45, 7) is 6.37. The number of nitrogens with zero attached hydrogens (tertiary/aromatic N) is 2. The highest BCUT2D eigenvalue weighted by Crippen LogP contribution is 2.22. The van der Waals surface area contributed by atoms with E-state index in [-0.39, 0.29) is 12.3 Å². The average molecular weight is 460 g/mol. The maximum absolute atomic E-state index is 12.8. The van der Waals surface area contributed by atoms with Gasteiger partial charge in [-0.05, 0) is 67.8 Å². The van der Waals surface area contributed by atoms with E-state index in [9.17, 15) is 4.79 Å². The first-order valence-corrected chi connectivity index (χ1v) is 11.2. The number of ether oxygens (including phenoxy) is 1. The van der Waals surface area contributed by atoms with Gasteiger partial charge in [-0.15, -0.1) is 0 Å². The van der Waals surface area contributed by atoms with Crippen LogP contribution in [0.15, 0.2) is 72.8 Å². The Labute approximate surface area is 199 Å². The van der Waals surface area contributed by atoms with Gasteiger partial charge in [0.1, 0.15) is 18.2 Å².